The highest BCUT2D eigenvalue weighted by atomic mass is 16.5. The molecule has 0 aliphatic rings. The number of methoxy groups -OCH3 is 1. The Bertz CT molecular complexity index is 165. The SMILES string of the molecule is COCCCNC(=O)C(C)OCCCN. The van der Waals surface area contributed by atoms with Crippen LogP contribution in [0.3, 0.4) is 0 Å². The molecule has 90 valence electrons. The molecule has 1 amide bonds. The number of amides is 1. The monoisotopic (exact) mass is 218 g/mol. The highest BCUT2D eigenvalue weighted by molar-refractivity contribution is 5.80. The molecule has 1 unspecified atom stereocenters. The number of hydrogen-bond acceptors (Lipinski definition) is 4. The number of carbonyl (C=O) groups excluding carboxylic acids is 1. The Kier molecular flexibility index (Phi) is 9.46. The van der Waals surface area contributed by atoms with Gasteiger partial charge in [0.25, 0.3) is 0 Å². The summed E-state index contributed by atoms with van der Waals surface area (Å²) in [5, 5.41) is 2.77. The molecule has 0 aliphatic heterocycles. The van der Waals surface area contributed by atoms with Gasteiger partial charge in [0.15, 0.2) is 0 Å². The lowest BCUT2D eigenvalue weighted by molar-refractivity contribution is -0.131. The number of hydrogen-bond donors (Lipinski definition) is 2. The van der Waals surface area contributed by atoms with Crippen LogP contribution in [-0.2, 0) is 14.3 Å². The van der Waals surface area contributed by atoms with Crippen LogP contribution in [0.15, 0.2) is 0 Å². The summed E-state index contributed by atoms with van der Waals surface area (Å²) in [5.41, 5.74) is 5.31. The third-order valence-electron chi connectivity index (χ3n) is 1.91. The highest BCUT2D eigenvalue weighted by Crippen LogP contribution is 1.92. The fourth-order valence-corrected chi connectivity index (χ4v) is 0.991. The Morgan fingerprint density at radius 1 is 1.40 bits per heavy atom. The van der Waals surface area contributed by atoms with Crippen molar-refractivity contribution in [1.29, 1.82) is 0 Å². The van der Waals surface area contributed by atoms with Crippen LogP contribution in [0.2, 0.25) is 0 Å². The largest absolute Gasteiger partial charge is 0.385 e. The minimum absolute atomic E-state index is 0.0804. The Morgan fingerprint density at radius 3 is 2.73 bits per heavy atom. The van der Waals surface area contributed by atoms with Crippen LogP contribution in [0.25, 0.3) is 0 Å². The summed E-state index contributed by atoms with van der Waals surface area (Å²) < 4.78 is 10.1. The molecule has 15 heavy (non-hydrogen) atoms. The van der Waals surface area contributed by atoms with Crippen molar-refractivity contribution in [2.75, 3.05) is 33.4 Å². The van der Waals surface area contributed by atoms with E-state index in [-0.39, 0.29) is 5.91 Å². The quantitative estimate of drug-likeness (QED) is 0.530. The summed E-state index contributed by atoms with van der Waals surface area (Å²) in [6.45, 7) is 4.13. The summed E-state index contributed by atoms with van der Waals surface area (Å²) in [5.74, 6) is -0.0804. The summed E-state index contributed by atoms with van der Waals surface area (Å²) in [6.07, 6.45) is 1.19. The van der Waals surface area contributed by atoms with Crippen molar-refractivity contribution in [3.8, 4) is 0 Å². The summed E-state index contributed by atoms with van der Waals surface area (Å²) in [6, 6.07) is 0. The second-order valence-electron chi connectivity index (χ2n) is 3.29. The van der Waals surface area contributed by atoms with Gasteiger partial charge in [-0.15, -0.1) is 0 Å². The van der Waals surface area contributed by atoms with Gasteiger partial charge in [-0.05, 0) is 26.3 Å². The Hall–Kier alpha value is -0.650. The maximum atomic E-state index is 11.4. The molecule has 0 heterocycles. The van der Waals surface area contributed by atoms with E-state index in [1.54, 1.807) is 14.0 Å². The molecule has 0 aromatic heterocycles. The zero-order valence-corrected chi connectivity index (χ0v) is 9.62. The van der Waals surface area contributed by atoms with Crippen LogP contribution in [0.4, 0.5) is 0 Å². The number of rotatable bonds is 9. The maximum Gasteiger partial charge on any atom is 0.248 e. The lowest BCUT2D eigenvalue weighted by Crippen LogP contribution is -2.35. The molecule has 5 heteroatoms. The van der Waals surface area contributed by atoms with Crippen LogP contribution < -0.4 is 11.1 Å². The summed E-state index contributed by atoms with van der Waals surface area (Å²) >= 11 is 0. The van der Waals surface area contributed by atoms with Crippen molar-refractivity contribution in [1.82, 2.24) is 5.32 Å². The van der Waals surface area contributed by atoms with Crippen molar-refractivity contribution in [3.05, 3.63) is 0 Å². The van der Waals surface area contributed by atoms with E-state index < -0.39 is 6.10 Å². The van der Waals surface area contributed by atoms with Gasteiger partial charge in [0.1, 0.15) is 6.10 Å². The van der Waals surface area contributed by atoms with Gasteiger partial charge in [0, 0.05) is 26.9 Å². The topological polar surface area (TPSA) is 73.6 Å². The van der Waals surface area contributed by atoms with E-state index in [9.17, 15) is 4.79 Å². The molecule has 0 saturated heterocycles. The Morgan fingerprint density at radius 2 is 2.13 bits per heavy atom. The number of nitrogens with one attached hydrogen (secondary N) is 1. The molecule has 0 radical (unpaired) electrons. The summed E-state index contributed by atoms with van der Waals surface area (Å²) in [7, 11) is 1.64. The van der Waals surface area contributed by atoms with Crippen LogP contribution in [-0.4, -0.2) is 45.4 Å². The van der Waals surface area contributed by atoms with Gasteiger partial charge in [-0.1, -0.05) is 0 Å². The first-order chi connectivity index (χ1) is 7.22. The minimum atomic E-state index is -0.404. The third kappa shape index (κ3) is 8.35. The molecule has 5 nitrogen and oxygen atoms in total. The number of ether oxygens (including phenoxy) is 2. The molecule has 0 saturated carbocycles. The van der Waals surface area contributed by atoms with E-state index in [0.29, 0.717) is 26.3 Å². The van der Waals surface area contributed by atoms with Gasteiger partial charge in [-0.2, -0.15) is 0 Å². The molecule has 0 aliphatic carbocycles. The van der Waals surface area contributed by atoms with E-state index in [1.807, 2.05) is 0 Å². The molecule has 3 N–H and O–H groups in total. The van der Waals surface area contributed by atoms with Crippen molar-refractivity contribution in [2.45, 2.75) is 25.9 Å². The number of nitrogens with two attached hydrogens (primary N) is 1. The zero-order valence-electron chi connectivity index (χ0n) is 9.62. The normalized spacial score (nSPS) is 12.5. The Balaban J connectivity index is 3.42. The Labute approximate surface area is 91.3 Å². The second kappa shape index (κ2) is 9.89. The predicted molar refractivity (Wildman–Crippen MR) is 58.6 cm³/mol. The molecule has 0 spiro atoms. The van der Waals surface area contributed by atoms with Gasteiger partial charge in [-0.25, -0.2) is 0 Å². The van der Waals surface area contributed by atoms with E-state index in [1.165, 1.54) is 0 Å². The van der Waals surface area contributed by atoms with Crippen LogP contribution in [0.1, 0.15) is 19.8 Å². The molecule has 0 bridgehead atoms. The average molecular weight is 218 g/mol. The minimum Gasteiger partial charge on any atom is -0.385 e. The van der Waals surface area contributed by atoms with Gasteiger partial charge in [0.05, 0.1) is 0 Å². The highest BCUT2D eigenvalue weighted by Gasteiger charge is 2.11. The van der Waals surface area contributed by atoms with E-state index >= 15 is 0 Å². The second-order valence-corrected chi connectivity index (χ2v) is 3.29. The molecule has 1 atom stereocenters. The van der Waals surface area contributed by atoms with Crippen molar-refractivity contribution in [3.63, 3.8) is 0 Å². The van der Waals surface area contributed by atoms with Crippen LogP contribution in [0, 0.1) is 0 Å². The standard InChI is InChI=1S/C10H22N2O3/c1-9(15-8-3-5-11)10(13)12-6-4-7-14-2/h9H,3-8,11H2,1-2H3,(H,12,13). The lowest BCUT2D eigenvalue weighted by atomic mass is 10.3. The maximum absolute atomic E-state index is 11.4. The third-order valence-corrected chi connectivity index (χ3v) is 1.91. The molecule has 0 fully saturated rings. The first-order valence-corrected chi connectivity index (χ1v) is 5.30. The smallest absolute Gasteiger partial charge is 0.248 e. The molecular formula is C10H22N2O3. The fourth-order valence-electron chi connectivity index (χ4n) is 0.991. The van der Waals surface area contributed by atoms with Crippen LogP contribution >= 0.6 is 0 Å². The van der Waals surface area contributed by atoms with Gasteiger partial charge >= 0.3 is 0 Å². The first-order valence-electron chi connectivity index (χ1n) is 5.30. The molecule has 0 rings (SSSR count). The summed E-state index contributed by atoms with van der Waals surface area (Å²) in [4.78, 5) is 11.4. The zero-order chi connectivity index (χ0) is 11.5. The van der Waals surface area contributed by atoms with Crippen molar-refractivity contribution in [2.24, 2.45) is 5.73 Å². The van der Waals surface area contributed by atoms with Crippen LogP contribution in [0.5, 0.6) is 0 Å². The van der Waals surface area contributed by atoms with Crippen molar-refractivity contribution >= 4 is 5.91 Å². The number of carbonyl (C=O) groups is 1. The molecule has 0 aromatic rings. The van der Waals surface area contributed by atoms with E-state index in [2.05, 4.69) is 5.32 Å². The van der Waals surface area contributed by atoms with Crippen molar-refractivity contribution < 1.29 is 14.3 Å². The van der Waals surface area contributed by atoms with Gasteiger partial charge < -0.3 is 20.5 Å². The average Bonchev–Trinajstić information content (AvgIpc) is 2.24. The molecule has 0 aromatic carbocycles. The van der Waals surface area contributed by atoms with E-state index in [0.717, 1.165) is 12.8 Å². The van der Waals surface area contributed by atoms with Gasteiger partial charge in [0.2, 0.25) is 5.91 Å². The molecular weight excluding hydrogens is 196 g/mol. The van der Waals surface area contributed by atoms with Gasteiger partial charge in [-0.3, -0.25) is 4.79 Å². The fraction of sp³-hybridized carbons (Fsp3) is 0.900. The van der Waals surface area contributed by atoms with E-state index in [4.69, 9.17) is 15.2 Å². The lowest BCUT2D eigenvalue weighted by Gasteiger charge is -2.12. The predicted octanol–water partition coefficient (Wildman–Crippen LogP) is -0.107. The first kappa shape index (κ1) is 14.3.